The number of carbonyl (C=O) groups is 3. The van der Waals surface area contributed by atoms with E-state index < -0.39 is 5.97 Å². The second-order valence-corrected chi connectivity index (χ2v) is 6.79. The molecule has 0 spiro atoms. The maximum Gasteiger partial charge on any atom is 0.338 e. The smallest absolute Gasteiger partial charge is 0.338 e. The van der Waals surface area contributed by atoms with Crippen LogP contribution in [0.3, 0.4) is 0 Å². The lowest BCUT2D eigenvalue weighted by Gasteiger charge is -2.08. The van der Waals surface area contributed by atoms with E-state index in [9.17, 15) is 14.4 Å². The molecule has 0 fully saturated rings. The van der Waals surface area contributed by atoms with Crippen LogP contribution in [-0.4, -0.2) is 24.4 Å². The van der Waals surface area contributed by atoms with Crippen molar-refractivity contribution in [3.63, 3.8) is 0 Å². The fourth-order valence-electron chi connectivity index (χ4n) is 2.35. The second-order valence-electron chi connectivity index (χ2n) is 5.85. The van der Waals surface area contributed by atoms with Gasteiger partial charge in [-0.2, -0.15) is 0 Å². The quantitative estimate of drug-likeness (QED) is 0.601. The molecule has 0 bridgehead atoms. The first-order chi connectivity index (χ1) is 13.6. The van der Waals surface area contributed by atoms with Gasteiger partial charge in [0.05, 0.1) is 10.4 Å². The lowest BCUT2D eigenvalue weighted by Crippen LogP contribution is -2.28. The molecular formula is C21H18N2O4S. The first-order valence-corrected chi connectivity index (χ1v) is 9.42. The van der Waals surface area contributed by atoms with Gasteiger partial charge in [0.1, 0.15) is 0 Å². The monoisotopic (exact) mass is 394 g/mol. The van der Waals surface area contributed by atoms with Gasteiger partial charge in [0.25, 0.3) is 11.8 Å². The number of hydrogen-bond donors (Lipinski definition) is 2. The zero-order chi connectivity index (χ0) is 19.8. The highest BCUT2D eigenvalue weighted by Gasteiger charge is 2.11. The summed E-state index contributed by atoms with van der Waals surface area (Å²) >= 11 is 1.35. The number of nitrogens with one attached hydrogen (secondary N) is 2. The number of amides is 2. The van der Waals surface area contributed by atoms with Gasteiger partial charge in [-0.1, -0.05) is 36.4 Å². The van der Waals surface area contributed by atoms with Gasteiger partial charge in [-0.15, -0.1) is 11.3 Å². The number of carbonyl (C=O) groups excluding carboxylic acids is 3. The van der Waals surface area contributed by atoms with Crippen molar-refractivity contribution in [3.05, 3.63) is 88.1 Å². The van der Waals surface area contributed by atoms with Crippen LogP contribution < -0.4 is 10.6 Å². The van der Waals surface area contributed by atoms with Crippen LogP contribution in [0.5, 0.6) is 0 Å². The van der Waals surface area contributed by atoms with Crippen LogP contribution in [0.25, 0.3) is 0 Å². The predicted molar refractivity (Wildman–Crippen MR) is 107 cm³/mol. The Balaban J connectivity index is 1.45. The molecule has 2 amide bonds. The predicted octanol–water partition coefficient (Wildman–Crippen LogP) is 3.47. The average molecular weight is 394 g/mol. The molecule has 0 saturated carbocycles. The number of anilines is 1. The summed E-state index contributed by atoms with van der Waals surface area (Å²) in [5.74, 6) is -1.19. The Morgan fingerprint density at radius 3 is 2.32 bits per heavy atom. The molecule has 7 heteroatoms. The topological polar surface area (TPSA) is 84.5 Å². The molecular weight excluding hydrogens is 376 g/mol. The molecule has 3 aromatic rings. The Kier molecular flexibility index (Phi) is 6.54. The van der Waals surface area contributed by atoms with Gasteiger partial charge in [0.2, 0.25) is 0 Å². The van der Waals surface area contributed by atoms with E-state index in [0.717, 1.165) is 5.56 Å². The summed E-state index contributed by atoms with van der Waals surface area (Å²) < 4.78 is 5.02. The average Bonchev–Trinajstić information content (AvgIpc) is 3.27. The van der Waals surface area contributed by atoms with Crippen LogP contribution in [0, 0.1) is 0 Å². The Hall–Kier alpha value is -3.45. The molecule has 1 aromatic heterocycles. The van der Waals surface area contributed by atoms with Crippen LogP contribution in [0.15, 0.2) is 72.1 Å². The highest BCUT2D eigenvalue weighted by Crippen LogP contribution is 2.14. The van der Waals surface area contributed by atoms with Crippen LogP contribution in [0.2, 0.25) is 0 Å². The largest absolute Gasteiger partial charge is 0.452 e. The van der Waals surface area contributed by atoms with Crippen LogP contribution >= 0.6 is 11.3 Å². The number of esters is 1. The molecule has 3 rings (SSSR count). The highest BCUT2D eigenvalue weighted by molar-refractivity contribution is 7.12. The molecule has 142 valence electrons. The molecule has 2 aromatic carbocycles. The number of thiophene rings is 1. The summed E-state index contributed by atoms with van der Waals surface area (Å²) in [7, 11) is 0. The van der Waals surface area contributed by atoms with Gasteiger partial charge >= 0.3 is 5.97 Å². The lowest BCUT2D eigenvalue weighted by atomic mass is 10.2. The number of hydrogen-bond acceptors (Lipinski definition) is 5. The van der Waals surface area contributed by atoms with Gasteiger partial charge < -0.3 is 15.4 Å². The summed E-state index contributed by atoms with van der Waals surface area (Å²) in [6.45, 7) is 0.0123. The normalized spacial score (nSPS) is 10.1. The molecule has 0 aliphatic rings. The van der Waals surface area contributed by atoms with Crippen molar-refractivity contribution in [3.8, 4) is 0 Å². The summed E-state index contributed by atoms with van der Waals surface area (Å²) in [6, 6.07) is 19.3. The zero-order valence-electron chi connectivity index (χ0n) is 14.9. The van der Waals surface area contributed by atoms with Crippen molar-refractivity contribution in [2.75, 3.05) is 11.9 Å². The number of ether oxygens (including phenoxy) is 1. The van der Waals surface area contributed by atoms with Gasteiger partial charge in [0, 0.05) is 12.2 Å². The Morgan fingerprint density at radius 2 is 1.64 bits per heavy atom. The SMILES string of the molecule is O=C(COC(=O)c1ccc(NC(=O)c2cccs2)cc1)NCc1ccccc1. The molecule has 0 unspecified atom stereocenters. The summed E-state index contributed by atoms with van der Waals surface area (Å²) in [5, 5.41) is 7.26. The first-order valence-electron chi connectivity index (χ1n) is 8.54. The Bertz CT molecular complexity index is 938. The minimum absolute atomic E-state index is 0.208. The molecule has 6 nitrogen and oxygen atoms in total. The lowest BCUT2D eigenvalue weighted by molar-refractivity contribution is -0.124. The fourth-order valence-corrected chi connectivity index (χ4v) is 2.97. The standard InChI is InChI=1S/C21H18N2O4S/c24-19(22-13-15-5-2-1-3-6-15)14-27-21(26)16-8-10-17(11-9-16)23-20(25)18-7-4-12-28-18/h1-12H,13-14H2,(H,22,24)(H,23,25). The van der Waals surface area contributed by atoms with E-state index in [1.165, 1.54) is 23.5 Å². The van der Waals surface area contributed by atoms with Crippen molar-refractivity contribution in [1.82, 2.24) is 5.32 Å². The van der Waals surface area contributed by atoms with Gasteiger partial charge in [-0.05, 0) is 41.3 Å². The molecule has 0 aliphatic heterocycles. The number of rotatable bonds is 7. The van der Waals surface area contributed by atoms with Crippen molar-refractivity contribution >= 4 is 34.8 Å². The maximum absolute atomic E-state index is 12.1. The third kappa shape index (κ3) is 5.52. The van der Waals surface area contributed by atoms with Gasteiger partial charge in [0.15, 0.2) is 6.61 Å². The molecule has 28 heavy (non-hydrogen) atoms. The van der Waals surface area contributed by atoms with E-state index in [1.54, 1.807) is 24.3 Å². The van der Waals surface area contributed by atoms with Crippen molar-refractivity contribution in [1.29, 1.82) is 0 Å². The minimum Gasteiger partial charge on any atom is -0.452 e. The van der Waals surface area contributed by atoms with Crippen molar-refractivity contribution < 1.29 is 19.1 Å². The third-order valence-electron chi connectivity index (χ3n) is 3.79. The summed E-state index contributed by atoms with van der Waals surface area (Å²) in [6.07, 6.45) is 0. The molecule has 1 heterocycles. The maximum atomic E-state index is 12.1. The minimum atomic E-state index is -0.606. The van der Waals surface area contributed by atoms with E-state index in [4.69, 9.17) is 4.74 Å². The fraction of sp³-hybridized carbons (Fsp3) is 0.0952. The van der Waals surface area contributed by atoms with E-state index in [2.05, 4.69) is 10.6 Å². The van der Waals surface area contributed by atoms with Crippen LogP contribution in [0.4, 0.5) is 5.69 Å². The van der Waals surface area contributed by atoms with Crippen molar-refractivity contribution in [2.45, 2.75) is 6.54 Å². The summed E-state index contributed by atoms with van der Waals surface area (Å²) in [4.78, 5) is 36.5. The van der Waals surface area contributed by atoms with E-state index in [-0.39, 0.29) is 18.4 Å². The number of benzene rings is 2. The zero-order valence-corrected chi connectivity index (χ0v) is 15.7. The molecule has 0 radical (unpaired) electrons. The summed E-state index contributed by atoms with van der Waals surface area (Å²) in [5.41, 5.74) is 1.82. The van der Waals surface area contributed by atoms with Crippen molar-refractivity contribution in [2.24, 2.45) is 0 Å². The first kappa shape index (κ1) is 19.3. The molecule has 0 atom stereocenters. The highest BCUT2D eigenvalue weighted by atomic mass is 32.1. The van der Waals surface area contributed by atoms with Gasteiger partial charge in [-0.3, -0.25) is 9.59 Å². The van der Waals surface area contributed by atoms with E-state index >= 15 is 0 Å². The molecule has 0 saturated heterocycles. The van der Waals surface area contributed by atoms with E-state index in [0.29, 0.717) is 22.7 Å². The van der Waals surface area contributed by atoms with Crippen LogP contribution in [-0.2, 0) is 16.1 Å². The molecule has 2 N–H and O–H groups in total. The second kappa shape index (κ2) is 9.48. The third-order valence-corrected chi connectivity index (χ3v) is 4.66. The van der Waals surface area contributed by atoms with Gasteiger partial charge in [-0.25, -0.2) is 4.79 Å². The molecule has 0 aliphatic carbocycles. The van der Waals surface area contributed by atoms with Crippen LogP contribution in [0.1, 0.15) is 25.6 Å². The Labute approximate surface area is 166 Å². The Morgan fingerprint density at radius 1 is 0.893 bits per heavy atom. The van der Waals surface area contributed by atoms with E-state index in [1.807, 2.05) is 35.7 Å².